The van der Waals surface area contributed by atoms with E-state index in [1.54, 1.807) is 0 Å². The van der Waals surface area contributed by atoms with Crippen LogP contribution in [-0.2, 0) is 13.5 Å². The lowest BCUT2D eigenvalue weighted by Gasteiger charge is -2.46. The van der Waals surface area contributed by atoms with Crippen molar-refractivity contribution in [1.82, 2.24) is 29.5 Å². The number of rotatable bonds is 3. The smallest absolute Gasteiger partial charge is 0.163 e. The number of piperazine rings is 2. The molecular formula is C17H27N7. The van der Waals surface area contributed by atoms with Gasteiger partial charge in [-0.25, -0.2) is 9.97 Å². The van der Waals surface area contributed by atoms with E-state index in [1.165, 1.54) is 13.1 Å². The van der Waals surface area contributed by atoms with Crippen LogP contribution in [0.25, 0.3) is 11.0 Å². The van der Waals surface area contributed by atoms with E-state index in [1.807, 2.05) is 17.9 Å². The number of aromatic nitrogens is 4. The molecule has 0 aliphatic carbocycles. The highest BCUT2D eigenvalue weighted by atomic mass is 15.4. The average molecular weight is 329 g/mol. The van der Waals surface area contributed by atoms with Crippen molar-refractivity contribution in [3.63, 3.8) is 0 Å². The summed E-state index contributed by atoms with van der Waals surface area (Å²) in [5.41, 5.74) is 0.951. The van der Waals surface area contributed by atoms with Crippen LogP contribution in [0.4, 0.5) is 5.82 Å². The highest BCUT2D eigenvalue weighted by Gasteiger charge is 2.32. The minimum Gasteiger partial charge on any atom is -0.353 e. The van der Waals surface area contributed by atoms with E-state index < -0.39 is 0 Å². The number of hydrogen-bond acceptors (Lipinski definition) is 6. The highest BCUT2D eigenvalue weighted by molar-refractivity contribution is 5.87. The average Bonchev–Trinajstić information content (AvgIpc) is 2.95. The van der Waals surface area contributed by atoms with Crippen molar-refractivity contribution in [2.24, 2.45) is 7.05 Å². The molecule has 7 nitrogen and oxygen atoms in total. The van der Waals surface area contributed by atoms with Crippen molar-refractivity contribution in [3.05, 3.63) is 12.0 Å². The van der Waals surface area contributed by atoms with Gasteiger partial charge in [0, 0.05) is 58.8 Å². The summed E-state index contributed by atoms with van der Waals surface area (Å²) in [6, 6.07) is 0.591. The van der Waals surface area contributed by atoms with Gasteiger partial charge in [-0.05, 0) is 13.5 Å². The summed E-state index contributed by atoms with van der Waals surface area (Å²) >= 11 is 0. The molecule has 0 bridgehead atoms. The second kappa shape index (κ2) is 6.29. The lowest BCUT2D eigenvalue weighted by Crippen LogP contribution is -2.61. The van der Waals surface area contributed by atoms with Gasteiger partial charge in [-0.15, -0.1) is 0 Å². The van der Waals surface area contributed by atoms with E-state index >= 15 is 0 Å². The summed E-state index contributed by atoms with van der Waals surface area (Å²) < 4.78 is 1.87. The minimum absolute atomic E-state index is 0.591. The SMILES string of the molecule is CCCc1nc(N2CCN3CCN(C)CC3C2)c2cnn(C)c2n1. The summed E-state index contributed by atoms with van der Waals surface area (Å²) in [5, 5.41) is 5.49. The van der Waals surface area contributed by atoms with Crippen LogP contribution in [0.3, 0.4) is 0 Å². The third kappa shape index (κ3) is 2.75. The van der Waals surface area contributed by atoms with Crippen LogP contribution < -0.4 is 4.90 Å². The summed E-state index contributed by atoms with van der Waals surface area (Å²) in [6.45, 7) is 8.86. The van der Waals surface area contributed by atoms with Crippen LogP contribution >= 0.6 is 0 Å². The van der Waals surface area contributed by atoms with Crippen molar-refractivity contribution in [2.75, 3.05) is 51.2 Å². The van der Waals surface area contributed by atoms with Gasteiger partial charge < -0.3 is 9.80 Å². The fourth-order valence-corrected chi connectivity index (χ4v) is 3.93. The molecule has 0 spiro atoms. The monoisotopic (exact) mass is 329 g/mol. The molecule has 2 fully saturated rings. The molecule has 0 amide bonds. The van der Waals surface area contributed by atoms with Crippen molar-refractivity contribution < 1.29 is 0 Å². The van der Waals surface area contributed by atoms with Gasteiger partial charge in [-0.1, -0.05) is 6.92 Å². The van der Waals surface area contributed by atoms with Crippen LogP contribution in [0, 0.1) is 0 Å². The molecule has 2 saturated heterocycles. The molecule has 0 N–H and O–H groups in total. The Morgan fingerprint density at radius 2 is 1.92 bits per heavy atom. The molecule has 24 heavy (non-hydrogen) atoms. The summed E-state index contributed by atoms with van der Waals surface area (Å²) in [5.74, 6) is 2.01. The third-order valence-corrected chi connectivity index (χ3v) is 5.29. The summed E-state index contributed by atoms with van der Waals surface area (Å²) in [6.07, 6.45) is 3.89. The molecule has 2 aliphatic rings. The van der Waals surface area contributed by atoms with Crippen molar-refractivity contribution >= 4 is 16.9 Å². The highest BCUT2D eigenvalue weighted by Crippen LogP contribution is 2.27. The molecular weight excluding hydrogens is 302 g/mol. The topological polar surface area (TPSA) is 53.3 Å². The van der Waals surface area contributed by atoms with E-state index in [-0.39, 0.29) is 0 Å². The van der Waals surface area contributed by atoms with Crippen LogP contribution in [-0.4, -0.2) is 81.9 Å². The van der Waals surface area contributed by atoms with Crippen molar-refractivity contribution in [3.8, 4) is 0 Å². The Morgan fingerprint density at radius 3 is 2.75 bits per heavy atom. The minimum atomic E-state index is 0.591. The van der Waals surface area contributed by atoms with Crippen molar-refractivity contribution in [2.45, 2.75) is 25.8 Å². The van der Waals surface area contributed by atoms with Gasteiger partial charge in [0.1, 0.15) is 11.6 Å². The first kappa shape index (κ1) is 15.8. The molecule has 0 saturated carbocycles. The number of hydrogen-bond donors (Lipinski definition) is 0. The Kier molecular flexibility index (Phi) is 4.14. The number of nitrogens with zero attached hydrogens (tertiary/aromatic N) is 7. The quantitative estimate of drug-likeness (QED) is 0.828. The second-order valence-corrected chi connectivity index (χ2v) is 7.12. The largest absolute Gasteiger partial charge is 0.353 e. The van der Waals surface area contributed by atoms with Crippen LogP contribution in [0.5, 0.6) is 0 Å². The molecule has 7 heteroatoms. The Morgan fingerprint density at radius 1 is 1.08 bits per heavy atom. The van der Waals surface area contributed by atoms with E-state index in [0.717, 1.165) is 61.7 Å². The van der Waals surface area contributed by atoms with E-state index in [0.29, 0.717) is 6.04 Å². The molecule has 2 aromatic rings. The van der Waals surface area contributed by atoms with E-state index in [4.69, 9.17) is 9.97 Å². The molecule has 4 rings (SSSR count). The lowest BCUT2D eigenvalue weighted by molar-refractivity contribution is 0.0805. The van der Waals surface area contributed by atoms with Crippen LogP contribution in [0.15, 0.2) is 6.20 Å². The lowest BCUT2D eigenvalue weighted by atomic mass is 10.1. The Balaban J connectivity index is 1.67. The predicted molar refractivity (Wildman–Crippen MR) is 95.4 cm³/mol. The first-order valence-corrected chi connectivity index (χ1v) is 9.02. The molecule has 130 valence electrons. The molecule has 0 aromatic carbocycles. The molecule has 1 unspecified atom stereocenters. The number of likely N-dealkylation sites (N-methyl/N-ethyl adjacent to an activating group) is 1. The Hall–Kier alpha value is -1.73. The molecule has 2 aliphatic heterocycles. The van der Waals surface area contributed by atoms with Gasteiger partial charge in [-0.2, -0.15) is 5.10 Å². The zero-order valence-electron chi connectivity index (χ0n) is 14.9. The van der Waals surface area contributed by atoms with Gasteiger partial charge >= 0.3 is 0 Å². The summed E-state index contributed by atoms with van der Waals surface area (Å²) in [7, 11) is 4.18. The van der Waals surface area contributed by atoms with Gasteiger partial charge in [0.15, 0.2) is 5.65 Å². The Labute approximate surface area is 143 Å². The predicted octanol–water partition coefficient (Wildman–Crippen LogP) is 0.752. The first-order valence-electron chi connectivity index (χ1n) is 9.02. The molecule has 1 atom stereocenters. The number of anilines is 1. The molecule has 0 radical (unpaired) electrons. The molecule has 4 heterocycles. The normalized spacial score (nSPS) is 23.0. The maximum absolute atomic E-state index is 4.91. The van der Waals surface area contributed by atoms with Gasteiger partial charge in [0.2, 0.25) is 0 Å². The Bertz CT molecular complexity index is 725. The fraction of sp³-hybridized carbons (Fsp3) is 0.706. The zero-order valence-corrected chi connectivity index (χ0v) is 14.9. The summed E-state index contributed by atoms with van der Waals surface area (Å²) in [4.78, 5) is 17.1. The first-order chi connectivity index (χ1) is 11.7. The molecule has 2 aromatic heterocycles. The second-order valence-electron chi connectivity index (χ2n) is 7.12. The van der Waals surface area contributed by atoms with Crippen LogP contribution in [0.1, 0.15) is 19.2 Å². The number of aryl methyl sites for hydroxylation is 2. The van der Waals surface area contributed by atoms with Crippen LogP contribution in [0.2, 0.25) is 0 Å². The van der Waals surface area contributed by atoms with E-state index in [2.05, 4.69) is 33.8 Å². The fourth-order valence-electron chi connectivity index (χ4n) is 3.93. The zero-order chi connectivity index (χ0) is 16.7. The van der Waals surface area contributed by atoms with Crippen molar-refractivity contribution in [1.29, 1.82) is 0 Å². The maximum atomic E-state index is 4.91. The van der Waals surface area contributed by atoms with Gasteiger partial charge in [0.05, 0.1) is 11.6 Å². The maximum Gasteiger partial charge on any atom is 0.163 e. The standard InChI is InChI=1S/C17H27N7/c1-4-5-15-19-16-14(10-18-22(16)3)17(20-15)24-9-8-23-7-6-21(2)11-13(23)12-24/h10,13H,4-9,11-12H2,1-3H3. The van der Waals surface area contributed by atoms with Gasteiger partial charge in [-0.3, -0.25) is 9.58 Å². The number of fused-ring (bicyclic) bond motifs is 2. The third-order valence-electron chi connectivity index (χ3n) is 5.29. The van der Waals surface area contributed by atoms with E-state index in [9.17, 15) is 0 Å². The van der Waals surface area contributed by atoms with Gasteiger partial charge in [0.25, 0.3) is 0 Å².